The number of fused-ring (bicyclic) bond motifs is 1. The van der Waals surface area contributed by atoms with Crippen molar-refractivity contribution < 1.29 is 9.53 Å². The average Bonchev–Trinajstić information content (AvgIpc) is 3.09. The molecular formula is C13H16N4O2S2. The van der Waals surface area contributed by atoms with E-state index in [4.69, 9.17) is 10.6 Å². The first-order valence-electron chi connectivity index (χ1n) is 6.57. The Bertz CT molecular complexity index is 669. The van der Waals surface area contributed by atoms with E-state index in [2.05, 4.69) is 15.4 Å². The third kappa shape index (κ3) is 3.12. The molecule has 8 heteroatoms. The molecule has 2 aromatic rings. The highest BCUT2D eigenvalue weighted by Gasteiger charge is 2.44. The van der Waals surface area contributed by atoms with E-state index in [0.29, 0.717) is 12.4 Å². The molecule has 0 aliphatic heterocycles. The Labute approximate surface area is 130 Å². The van der Waals surface area contributed by atoms with Crippen LogP contribution in [0.25, 0.3) is 10.2 Å². The summed E-state index contributed by atoms with van der Waals surface area (Å²) in [6.07, 6.45) is 2.61. The Morgan fingerprint density at radius 1 is 1.57 bits per heavy atom. The molecule has 3 N–H and O–H groups in total. The maximum Gasteiger partial charge on any atom is 0.306 e. The number of ether oxygens (including phenoxy) is 1. The monoisotopic (exact) mass is 324 g/mol. The first kappa shape index (κ1) is 14.6. The molecule has 2 heterocycles. The van der Waals surface area contributed by atoms with Crippen molar-refractivity contribution in [2.75, 3.05) is 18.3 Å². The SMILES string of the molecule is COC(=O)CC1(CSc2nc(NN)nc3sccc23)CC1. The van der Waals surface area contributed by atoms with Crippen LogP contribution in [0.5, 0.6) is 0 Å². The molecule has 0 atom stereocenters. The topological polar surface area (TPSA) is 90.1 Å². The van der Waals surface area contributed by atoms with E-state index >= 15 is 0 Å². The largest absolute Gasteiger partial charge is 0.469 e. The van der Waals surface area contributed by atoms with Crippen LogP contribution in [-0.4, -0.2) is 28.8 Å². The fraction of sp³-hybridized carbons (Fsp3) is 0.462. The fourth-order valence-corrected chi connectivity index (χ4v) is 4.28. The quantitative estimate of drug-likeness (QED) is 0.277. The predicted octanol–water partition coefficient (Wildman–Crippen LogP) is 2.41. The van der Waals surface area contributed by atoms with Crippen molar-refractivity contribution >= 4 is 45.2 Å². The summed E-state index contributed by atoms with van der Waals surface area (Å²) in [7, 11) is 1.43. The van der Waals surface area contributed by atoms with E-state index in [1.165, 1.54) is 7.11 Å². The lowest BCUT2D eigenvalue weighted by atomic mass is 10.1. The van der Waals surface area contributed by atoms with Crippen LogP contribution in [-0.2, 0) is 9.53 Å². The van der Waals surface area contributed by atoms with Crippen LogP contribution in [0.15, 0.2) is 16.5 Å². The van der Waals surface area contributed by atoms with Crippen LogP contribution in [0.2, 0.25) is 0 Å². The molecule has 6 nitrogen and oxygen atoms in total. The van der Waals surface area contributed by atoms with Crippen molar-refractivity contribution in [3.63, 3.8) is 0 Å². The van der Waals surface area contributed by atoms with E-state index in [0.717, 1.165) is 33.8 Å². The second kappa shape index (κ2) is 5.78. The lowest BCUT2D eigenvalue weighted by molar-refractivity contribution is -0.141. The molecule has 0 saturated heterocycles. The number of esters is 1. The van der Waals surface area contributed by atoms with Crippen LogP contribution >= 0.6 is 23.1 Å². The molecule has 112 valence electrons. The van der Waals surface area contributed by atoms with Gasteiger partial charge in [0.2, 0.25) is 5.95 Å². The zero-order valence-corrected chi connectivity index (χ0v) is 13.2. The Morgan fingerprint density at radius 3 is 3.05 bits per heavy atom. The molecule has 0 radical (unpaired) electrons. The highest BCUT2D eigenvalue weighted by molar-refractivity contribution is 7.99. The molecule has 0 aromatic carbocycles. The summed E-state index contributed by atoms with van der Waals surface area (Å²) < 4.78 is 4.77. The highest BCUT2D eigenvalue weighted by Crippen LogP contribution is 2.52. The van der Waals surface area contributed by atoms with Gasteiger partial charge in [-0.05, 0) is 29.7 Å². The van der Waals surface area contributed by atoms with Gasteiger partial charge in [-0.2, -0.15) is 0 Å². The molecule has 1 aliphatic carbocycles. The van der Waals surface area contributed by atoms with Crippen molar-refractivity contribution in [3.05, 3.63) is 11.4 Å². The van der Waals surface area contributed by atoms with Crippen LogP contribution in [0.1, 0.15) is 19.3 Å². The number of hydrazine groups is 1. The third-order valence-electron chi connectivity index (χ3n) is 3.64. The fourth-order valence-electron chi connectivity index (χ4n) is 2.15. The van der Waals surface area contributed by atoms with Gasteiger partial charge < -0.3 is 4.74 Å². The Hall–Kier alpha value is -1.38. The summed E-state index contributed by atoms with van der Waals surface area (Å²) in [5, 5.41) is 3.94. The third-order valence-corrected chi connectivity index (χ3v) is 5.79. The maximum atomic E-state index is 11.5. The number of aromatic nitrogens is 2. The van der Waals surface area contributed by atoms with Gasteiger partial charge in [0.15, 0.2) is 0 Å². The summed E-state index contributed by atoms with van der Waals surface area (Å²) >= 11 is 3.22. The van der Waals surface area contributed by atoms with Gasteiger partial charge in [-0.3, -0.25) is 10.2 Å². The molecule has 1 aliphatic rings. The molecular weight excluding hydrogens is 308 g/mol. The Balaban J connectivity index is 1.76. The number of carbonyl (C=O) groups is 1. The smallest absolute Gasteiger partial charge is 0.306 e. The van der Waals surface area contributed by atoms with E-state index in [1.807, 2.05) is 11.4 Å². The molecule has 3 rings (SSSR count). The summed E-state index contributed by atoms with van der Waals surface area (Å²) in [5.41, 5.74) is 2.57. The second-order valence-electron chi connectivity index (χ2n) is 5.18. The number of thiophene rings is 1. The van der Waals surface area contributed by atoms with Gasteiger partial charge in [0.05, 0.1) is 13.5 Å². The number of nitrogens with zero attached hydrogens (tertiary/aromatic N) is 2. The summed E-state index contributed by atoms with van der Waals surface area (Å²) in [6, 6.07) is 2.02. The lowest BCUT2D eigenvalue weighted by Crippen LogP contribution is -2.13. The van der Waals surface area contributed by atoms with Crippen molar-refractivity contribution in [3.8, 4) is 0 Å². The molecule has 2 aromatic heterocycles. The van der Waals surface area contributed by atoms with Crippen LogP contribution in [0.3, 0.4) is 0 Å². The lowest BCUT2D eigenvalue weighted by Gasteiger charge is -2.13. The van der Waals surface area contributed by atoms with Crippen LogP contribution < -0.4 is 11.3 Å². The summed E-state index contributed by atoms with van der Waals surface area (Å²) in [6.45, 7) is 0. The minimum Gasteiger partial charge on any atom is -0.469 e. The molecule has 0 amide bonds. The number of carbonyl (C=O) groups excluding carboxylic acids is 1. The van der Waals surface area contributed by atoms with Gasteiger partial charge in [-0.25, -0.2) is 15.8 Å². The molecule has 1 fully saturated rings. The molecule has 21 heavy (non-hydrogen) atoms. The van der Waals surface area contributed by atoms with Crippen molar-refractivity contribution in [1.29, 1.82) is 0 Å². The predicted molar refractivity (Wildman–Crippen MR) is 84.2 cm³/mol. The standard InChI is InChI=1S/C13H16N4O2S2/c1-19-9(18)6-13(3-4-13)7-21-11-8-2-5-20-10(8)15-12(16-11)17-14/h2,5H,3-4,6-7,14H2,1H3,(H,15,16,17). The van der Waals surface area contributed by atoms with E-state index in [9.17, 15) is 4.79 Å². The number of nitrogens with one attached hydrogen (secondary N) is 1. The zero-order valence-electron chi connectivity index (χ0n) is 11.6. The number of nitrogens with two attached hydrogens (primary N) is 1. The normalized spacial score (nSPS) is 15.9. The van der Waals surface area contributed by atoms with Crippen molar-refractivity contribution in [2.24, 2.45) is 11.3 Å². The number of hydrogen-bond acceptors (Lipinski definition) is 8. The number of rotatable bonds is 6. The van der Waals surface area contributed by atoms with Gasteiger partial charge in [0, 0.05) is 11.1 Å². The second-order valence-corrected chi connectivity index (χ2v) is 7.04. The minimum atomic E-state index is -0.138. The van der Waals surface area contributed by atoms with Crippen LogP contribution in [0.4, 0.5) is 5.95 Å². The minimum absolute atomic E-state index is 0.0708. The van der Waals surface area contributed by atoms with E-state index < -0.39 is 0 Å². The van der Waals surface area contributed by atoms with Gasteiger partial charge in [0.1, 0.15) is 9.86 Å². The summed E-state index contributed by atoms with van der Waals surface area (Å²) in [5.74, 6) is 6.55. The van der Waals surface area contributed by atoms with Crippen molar-refractivity contribution in [2.45, 2.75) is 24.3 Å². The number of hydrogen-bond donors (Lipinski definition) is 2. The first-order chi connectivity index (χ1) is 10.2. The number of thioether (sulfide) groups is 1. The zero-order chi connectivity index (χ0) is 14.9. The summed E-state index contributed by atoms with van der Waals surface area (Å²) in [4.78, 5) is 21.1. The number of nitrogen functional groups attached to an aromatic ring is 1. The van der Waals surface area contributed by atoms with Gasteiger partial charge >= 0.3 is 5.97 Å². The number of methoxy groups -OCH3 is 1. The molecule has 0 bridgehead atoms. The molecule has 0 spiro atoms. The van der Waals surface area contributed by atoms with E-state index in [1.54, 1.807) is 23.1 Å². The first-order valence-corrected chi connectivity index (χ1v) is 8.44. The van der Waals surface area contributed by atoms with Gasteiger partial charge in [-0.15, -0.1) is 23.1 Å². The van der Waals surface area contributed by atoms with Gasteiger partial charge in [0.25, 0.3) is 0 Å². The van der Waals surface area contributed by atoms with Crippen LogP contribution in [0, 0.1) is 5.41 Å². The maximum absolute atomic E-state index is 11.5. The number of anilines is 1. The average molecular weight is 324 g/mol. The molecule has 0 unspecified atom stereocenters. The Kier molecular flexibility index (Phi) is 4.01. The highest BCUT2D eigenvalue weighted by atomic mass is 32.2. The van der Waals surface area contributed by atoms with E-state index in [-0.39, 0.29) is 11.4 Å². The van der Waals surface area contributed by atoms with Crippen molar-refractivity contribution in [1.82, 2.24) is 9.97 Å². The van der Waals surface area contributed by atoms with Gasteiger partial charge in [-0.1, -0.05) is 0 Å². The molecule has 1 saturated carbocycles. The Morgan fingerprint density at radius 2 is 2.38 bits per heavy atom.